The number of nitrogens with one attached hydrogen (secondary N) is 4. The van der Waals surface area contributed by atoms with Crippen molar-refractivity contribution < 1.29 is 27.0 Å². The Bertz CT molecular complexity index is 8320. The molecule has 0 unspecified atom stereocenters. The van der Waals surface area contributed by atoms with E-state index < -0.39 is 5.82 Å². The number of pyridine rings is 4. The third-order valence-corrected chi connectivity index (χ3v) is 23.0. The van der Waals surface area contributed by atoms with Gasteiger partial charge in [0.1, 0.15) is 68.6 Å². The second-order valence-electron chi connectivity index (χ2n) is 32.0. The molecule has 20 aromatic rings. The SMILES string of the molecule is COc1ccc2c(c1)CN(c1nccc(-c3cccc(C#Cc4cc(F)c5[nH]ncc5c4)n3)n1)C2.COc1ccc2c(c1)CN(c1nccc(-c3cccc(C#Cc4ccc5[nH]ncc5c4)n3)n1)C2.Fc1ccc2c(c1)CN(c1nccc(-c3cccc(C#Cc4cc(F)c5[nH]ncc5c4)n3)n1)C2.Fc1ccc2c(c1)CN(c1nccc(-c3cccc(C#Cc4ccc5[nH]ncc5c4)n3)n1)C2. The Kier molecular flexibility index (Phi) is 23.2. The summed E-state index contributed by atoms with van der Waals surface area (Å²) in [5, 5.41) is 30.4. The van der Waals surface area contributed by atoms with Gasteiger partial charge in [-0.05, 0) is 250 Å². The summed E-state index contributed by atoms with van der Waals surface area (Å²) >= 11 is 0. The zero-order valence-electron chi connectivity index (χ0n) is 72.5. The van der Waals surface area contributed by atoms with Gasteiger partial charge in [0.05, 0.1) is 95.6 Å². The predicted molar refractivity (Wildman–Crippen MR) is 508 cm³/mol. The van der Waals surface area contributed by atoms with E-state index in [4.69, 9.17) is 29.4 Å². The van der Waals surface area contributed by atoms with Gasteiger partial charge in [0.2, 0.25) is 23.8 Å². The van der Waals surface area contributed by atoms with Crippen molar-refractivity contribution in [1.29, 1.82) is 0 Å². The molecule has 12 aromatic heterocycles. The van der Waals surface area contributed by atoms with Gasteiger partial charge in [-0.3, -0.25) is 20.4 Å². The minimum atomic E-state index is -0.402. The molecule has 4 aliphatic heterocycles. The van der Waals surface area contributed by atoms with Crippen molar-refractivity contribution in [3.05, 3.63) is 393 Å². The Balaban J connectivity index is 0.000000108. The zero-order valence-corrected chi connectivity index (χ0v) is 72.5. The van der Waals surface area contributed by atoms with Crippen LogP contribution in [-0.2, 0) is 52.4 Å². The third kappa shape index (κ3) is 18.8. The number of benzene rings is 8. The number of ether oxygens (including phenoxy) is 2. The van der Waals surface area contributed by atoms with Crippen LogP contribution in [0.1, 0.15) is 89.5 Å². The van der Waals surface area contributed by atoms with Crippen LogP contribution in [0.2, 0.25) is 0 Å². The Morgan fingerprint density at radius 1 is 0.265 bits per heavy atom. The van der Waals surface area contributed by atoms with Gasteiger partial charge < -0.3 is 29.1 Å². The molecule has 0 bridgehead atoms. The summed E-state index contributed by atoms with van der Waals surface area (Å²) in [6, 6.07) is 70.1. The monoisotopic (exact) mass is 1790 g/mol. The van der Waals surface area contributed by atoms with Gasteiger partial charge in [0, 0.05) is 121 Å². The summed E-state index contributed by atoms with van der Waals surface area (Å²) in [6.45, 7) is 5.36. The van der Waals surface area contributed by atoms with Crippen LogP contribution in [0, 0.1) is 70.6 Å². The van der Waals surface area contributed by atoms with Gasteiger partial charge in [0.15, 0.2) is 0 Å². The van der Waals surface area contributed by atoms with Crippen molar-refractivity contribution in [2.75, 3.05) is 33.8 Å². The largest absolute Gasteiger partial charge is 0.497 e. The quantitative estimate of drug-likeness (QED) is 0.0730. The van der Waals surface area contributed by atoms with Gasteiger partial charge >= 0.3 is 0 Å². The molecular weight excluding hydrogens is 1720 g/mol. The molecule has 656 valence electrons. The standard InChI is InChI=1S/C27H19FN6O.C27H20N6O.C26H16F2N6.C26H17FN6/c1-35-22-8-6-18-15-34(16-20(18)13-22)27-29-10-9-25(32-27)24-4-2-3-21(31-24)7-5-17-11-19-14-30-33-26(19)23(28)12-17;1-34-23-9-7-19-16-33(17-21(19)14-23)27-28-12-11-26(31-27)25-4-2-3-22(30-25)8-5-18-6-10-24-20(13-18)15-29-32-24;27-20-6-5-17-14-34(15-19(17)12-20)26-29-9-8-24(32-26)23-3-1-2-21(31-23)7-4-16-10-18-13-30-33-25(18)22(28)11-16;27-21-7-6-18-15-33(16-20(18)13-21)26-28-11-10-25(31-26)24-3-1-2-22(30-24)8-4-17-5-9-23-19(12-17)14-29-32-23/h2-4,6,8-14H,15-16H2,1H3,(H,30,33);2-4,6-7,9-15H,16-17H2,1H3,(H,29,32);1-3,5-6,8-13H,14-15H2,(H,30,33);1-3,5-7,9-14H,15-16H2,(H,29,32). The first-order valence-electron chi connectivity index (χ1n) is 43.0. The second kappa shape index (κ2) is 37.4. The van der Waals surface area contributed by atoms with Crippen LogP contribution < -0.4 is 29.1 Å². The van der Waals surface area contributed by atoms with E-state index in [9.17, 15) is 17.6 Å². The lowest BCUT2D eigenvalue weighted by molar-refractivity contribution is 0.414. The van der Waals surface area contributed by atoms with Crippen molar-refractivity contribution in [3.8, 4) is 104 Å². The fraction of sp³-hybridized carbons (Fsp3) is 0.0943. The molecule has 0 saturated carbocycles. The van der Waals surface area contributed by atoms with E-state index in [1.54, 1.807) is 106 Å². The van der Waals surface area contributed by atoms with Crippen LogP contribution in [0.25, 0.3) is 89.2 Å². The maximum absolute atomic E-state index is 14.2. The van der Waals surface area contributed by atoms with E-state index in [1.807, 2.05) is 149 Å². The van der Waals surface area contributed by atoms with Crippen LogP contribution in [0.4, 0.5) is 41.4 Å². The van der Waals surface area contributed by atoms with Crippen LogP contribution in [0.15, 0.2) is 280 Å². The van der Waals surface area contributed by atoms with Crippen molar-refractivity contribution >= 4 is 67.4 Å². The Labute approximate surface area is 774 Å². The van der Waals surface area contributed by atoms with Crippen molar-refractivity contribution in [2.45, 2.75) is 52.4 Å². The molecule has 0 spiro atoms. The molecule has 4 N–H and O–H groups in total. The van der Waals surface area contributed by atoms with E-state index in [2.05, 4.69) is 162 Å². The molecule has 8 aromatic carbocycles. The lowest BCUT2D eigenvalue weighted by atomic mass is 10.1. The number of methoxy groups -OCH3 is 2. The molecular formula is C106H72F4N24O2. The number of hydrogen-bond donors (Lipinski definition) is 4. The van der Waals surface area contributed by atoms with Gasteiger partial charge in [0.25, 0.3) is 0 Å². The first-order chi connectivity index (χ1) is 66.7. The molecule has 16 heterocycles. The maximum atomic E-state index is 14.2. The molecule has 0 radical (unpaired) electrons. The summed E-state index contributed by atoms with van der Waals surface area (Å²) in [5.74, 6) is 27.5. The fourth-order valence-corrected chi connectivity index (χ4v) is 16.2. The van der Waals surface area contributed by atoms with E-state index in [-0.39, 0.29) is 17.5 Å². The number of aromatic amines is 4. The topological polar surface area (TPSA) is 301 Å². The minimum absolute atomic E-state index is 0.225. The number of H-pyrrole nitrogens is 4. The molecule has 0 saturated heterocycles. The van der Waals surface area contributed by atoms with Crippen LogP contribution in [0.5, 0.6) is 11.5 Å². The number of nitrogens with zero attached hydrogens (tertiary/aromatic N) is 20. The maximum Gasteiger partial charge on any atom is 0.226 e. The number of halogens is 4. The van der Waals surface area contributed by atoms with E-state index in [0.717, 1.165) is 103 Å². The lowest BCUT2D eigenvalue weighted by Gasteiger charge is -2.15. The third-order valence-electron chi connectivity index (χ3n) is 23.0. The molecule has 0 amide bonds. The molecule has 0 fully saturated rings. The average Bonchev–Trinajstić information content (AvgIpc) is 1.67. The Morgan fingerprint density at radius 3 is 0.904 bits per heavy atom. The fourth-order valence-electron chi connectivity index (χ4n) is 16.2. The Hall–Kier alpha value is -18.7. The molecule has 4 aliphatic rings. The van der Waals surface area contributed by atoms with Gasteiger partial charge in [-0.15, -0.1) is 0 Å². The first kappa shape index (κ1) is 84.2. The summed E-state index contributed by atoms with van der Waals surface area (Å²) in [5.41, 5.74) is 22.7. The van der Waals surface area contributed by atoms with Crippen molar-refractivity contribution in [1.82, 2.24) is 101 Å². The van der Waals surface area contributed by atoms with Crippen LogP contribution in [0.3, 0.4) is 0 Å². The summed E-state index contributed by atoms with van der Waals surface area (Å²) < 4.78 is 66.2. The first-order valence-corrected chi connectivity index (χ1v) is 43.0. The molecule has 24 rings (SSSR count). The minimum Gasteiger partial charge on any atom is -0.497 e. The van der Waals surface area contributed by atoms with Gasteiger partial charge in [-0.25, -0.2) is 77.4 Å². The average molecular weight is 1790 g/mol. The van der Waals surface area contributed by atoms with Gasteiger partial charge in [-0.2, -0.15) is 20.4 Å². The number of anilines is 4. The summed E-state index contributed by atoms with van der Waals surface area (Å²) in [7, 11) is 3.35. The number of hydrogen-bond acceptors (Lipinski definition) is 22. The smallest absolute Gasteiger partial charge is 0.226 e. The van der Waals surface area contributed by atoms with Crippen LogP contribution >= 0.6 is 0 Å². The highest BCUT2D eigenvalue weighted by molar-refractivity contribution is 5.83. The van der Waals surface area contributed by atoms with Gasteiger partial charge in [-0.1, -0.05) is 72.2 Å². The molecule has 0 atom stereocenters. The summed E-state index contributed by atoms with van der Waals surface area (Å²) in [6.07, 6.45) is 13.6. The highest BCUT2D eigenvalue weighted by Gasteiger charge is 2.28. The van der Waals surface area contributed by atoms with E-state index >= 15 is 0 Å². The summed E-state index contributed by atoms with van der Waals surface area (Å²) in [4.78, 5) is 63.8. The number of rotatable bonds is 10. The van der Waals surface area contributed by atoms with Crippen LogP contribution in [-0.4, -0.2) is 115 Å². The van der Waals surface area contributed by atoms with Crippen molar-refractivity contribution in [3.63, 3.8) is 0 Å². The molecule has 30 heteroatoms. The Morgan fingerprint density at radius 2 is 0.559 bits per heavy atom. The van der Waals surface area contributed by atoms with E-state index in [1.165, 1.54) is 46.5 Å². The molecule has 136 heavy (non-hydrogen) atoms. The van der Waals surface area contributed by atoms with Crippen molar-refractivity contribution in [2.24, 2.45) is 0 Å². The second-order valence-corrected chi connectivity index (χ2v) is 32.0. The highest BCUT2D eigenvalue weighted by Crippen LogP contribution is 2.36. The van der Waals surface area contributed by atoms with E-state index in [0.29, 0.717) is 141 Å². The molecule has 26 nitrogen and oxygen atoms in total. The normalized spacial score (nSPS) is 12.4. The molecule has 0 aliphatic carbocycles. The number of aromatic nitrogens is 20. The zero-order chi connectivity index (χ0) is 92.0. The number of fused-ring (bicyclic) bond motifs is 8. The predicted octanol–water partition coefficient (Wildman–Crippen LogP) is 17.9. The highest BCUT2D eigenvalue weighted by atomic mass is 19.1. The lowest BCUT2D eigenvalue weighted by Crippen LogP contribution is -2.17.